The number of benzene rings is 1. The number of nitrogens with zero attached hydrogens (tertiary/aromatic N) is 3. The highest BCUT2D eigenvalue weighted by atomic mass is 32.1. The third-order valence-electron chi connectivity index (χ3n) is 5.26. The van der Waals surface area contributed by atoms with E-state index in [0.29, 0.717) is 21.0 Å². The lowest BCUT2D eigenvalue weighted by Crippen LogP contribution is -2.37. The van der Waals surface area contributed by atoms with E-state index in [9.17, 15) is 9.59 Å². The van der Waals surface area contributed by atoms with Crippen molar-refractivity contribution in [1.82, 2.24) is 14.5 Å². The molecule has 0 aliphatic carbocycles. The van der Waals surface area contributed by atoms with Gasteiger partial charge < -0.3 is 9.47 Å². The predicted molar refractivity (Wildman–Crippen MR) is 104 cm³/mol. The lowest BCUT2D eigenvalue weighted by molar-refractivity contribution is 0.0717. The Morgan fingerprint density at radius 2 is 1.88 bits per heavy atom. The standard InChI is InChI=1S/C20H21N3O2S/c1-13-16-18(21-12-22(2)19(16)24)26-17(13)20(25)23-10-8-15(9-11-23)14-6-4-3-5-7-14/h3-7,12,15H,8-11H2,1-2H3. The SMILES string of the molecule is Cc1c(C(=O)N2CCC(c3ccccc3)CC2)sc2ncn(C)c(=O)c12. The first-order valence-corrected chi connectivity index (χ1v) is 9.67. The number of fused-ring (bicyclic) bond motifs is 1. The van der Waals surface area contributed by atoms with Crippen LogP contribution in [0, 0.1) is 6.92 Å². The van der Waals surface area contributed by atoms with E-state index in [2.05, 4.69) is 29.2 Å². The fourth-order valence-electron chi connectivity index (χ4n) is 3.70. The van der Waals surface area contributed by atoms with Crippen molar-refractivity contribution in [2.45, 2.75) is 25.7 Å². The number of carbonyl (C=O) groups is 1. The van der Waals surface area contributed by atoms with Gasteiger partial charge in [0.1, 0.15) is 4.83 Å². The Labute approximate surface area is 155 Å². The molecule has 0 N–H and O–H groups in total. The second-order valence-corrected chi connectivity index (χ2v) is 7.87. The number of aryl methyl sites for hydroxylation is 2. The maximum Gasteiger partial charge on any atom is 0.264 e. The van der Waals surface area contributed by atoms with Gasteiger partial charge in [0.15, 0.2) is 0 Å². The summed E-state index contributed by atoms with van der Waals surface area (Å²) in [6.07, 6.45) is 3.46. The zero-order valence-corrected chi connectivity index (χ0v) is 15.8. The van der Waals surface area contributed by atoms with Crippen LogP contribution in [0.1, 0.15) is 39.6 Å². The lowest BCUT2D eigenvalue weighted by Gasteiger charge is -2.32. The first kappa shape index (κ1) is 17.0. The second kappa shape index (κ2) is 6.68. The molecule has 1 aliphatic heterocycles. The minimum atomic E-state index is -0.0921. The number of carbonyl (C=O) groups excluding carboxylic acids is 1. The fourth-order valence-corrected chi connectivity index (χ4v) is 4.80. The molecule has 0 bridgehead atoms. The van der Waals surface area contributed by atoms with E-state index in [1.807, 2.05) is 17.9 Å². The summed E-state index contributed by atoms with van der Waals surface area (Å²) in [6, 6.07) is 10.5. The van der Waals surface area contributed by atoms with Crippen LogP contribution in [0.4, 0.5) is 0 Å². The van der Waals surface area contributed by atoms with Gasteiger partial charge in [0.05, 0.1) is 16.6 Å². The van der Waals surface area contributed by atoms with E-state index < -0.39 is 0 Å². The monoisotopic (exact) mass is 367 g/mol. The second-order valence-electron chi connectivity index (χ2n) is 6.87. The third-order valence-corrected chi connectivity index (χ3v) is 6.45. The van der Waals surface area contributed by atoms with Gasteiger partial charge in [-0.1, -0.05) is 30.3 Å². The summed E-state index contributed by atoms with van der Waals surface area (Å²) >= 11 is 1.33. The molecule has 1 aromatic carbocycles. The minimum absolute atomic E-state index is 0.0269. The lowest BCUT2D eigenvalue weighted by atomic mass is 9.89. The van der Waals surface area contributed by atoms with Crippen molar-refractivity contribution in [3.63, 3.8) is 0 Å². The molecule has 3 aromatic rings. The van der Waals surface area contributed by atoms with Gasteiger partial charge in [-0.15, -0.1) is 11.3 Å². The normalized spacial score (nSPS) is 15.5. The highest BCUT2D eigenvalue weighted by molar-refractivity contribution is 7.20. The van der Waals surface area contributed by atoms with Gasteiger partial charge in [0, 0.05) is 20.1 Å². The summed E-state index contributed by atoms with van der Waals surface area (Å²) in [6.45, 7) is 3.35. The van der Waals surface area contributed by atoms with Gasteiger partial charge in [-0.2, -0.15) is 0 Å². The van der Waals surface area contributed by atoms with E-state index in [0.717, 1.165) is 31.5 Å². The van der Waals surface area contributed by atoms with Gasteiger partial charge in [0.25, 0.3) is 11.5 Å². The Morgan fingerprint density at radius 3 is 2.58 bits per heavy atom. The summed E-state index contributed by atoms with van der Waals surface area (Å²) in [5.41, 5.74) is 2.02. The first-order valence-electron chi connectivity index (χ1n) is 8.85. The van der Waals surface area contributed by atoms with Crippen molar-refractivity contribution in [2.75, 3.05) is 13.1 Å². The van der Waals surface area contributed by atoms with Gasteiger partial charge in [-0.3, -0.25) is 9.59 Å². The number of hydrogen-bond donors (Lipinski definition) is 0. The van der Waals surface area contributed by atoms with Crippen molar-refractivity contribution in [2.24, 2.45) is 7.05 Å². The molecule has 1 amide bonds. The molecule has 1 fully saturated rings. The van der Waals surface area contributed by atoms with Crippen LogP contribution < -0.4 is 5.56 Å². The zero-order valence-electron chi connectivity index (χ0n) is 14.9. The highest BCUT2D eigenvalue weighted by Crippen LogP contribution is 2.32. The molecule has 5 nitrogen and oxygen atoms in total. The molecule has 4 rings (SSSR count). The Balaban J connectivity index is 1.56. The number of hydrogen-bond acceptors (Lipinski definition) is 4. The molecule has 0 saturated carbocycles. The van der Waals surface area contributed by atoms with E-state index in [4.69, 9.17) is 0 Å². The van der Waals surface area contributed by atoms with E-state index >= 15 is 0 Å². The Morgan fingerprint density at radius 1 is 1.19 bits per heavy atom. The number of aromatic nitrogens is 2. The highest BCUT2D eigenvalue weighted by Gasteiger charge is 2.27. The van der Waals surface area contributed by atoms with Crippen molar-refractivity contribution in [3.05, 3.63) is 63.0 Å². The summed E-state index contributed by atoms with van der Waals surface area (Å²) in [5, 5.41) is 0.572. The molecular weight excluding hydrogens is 346 g/mol. The summed E-state index contributed by atoms with van der Waals surface area (Å²) in [5.74, 6) is 0.539. The molecule has 0 atom stereocenters. The summed E-state index contributed by atoms with van der Waals surface area (Å²) < 4.78 is 1.46. The van der Waals surface area contributed by atoms with Crippen LogP contribution in [0.2, 0.25) is 0 Å². The maximum atomic E-state index is 13.0. The number of rotatable bonds is 2. The number of piperidine rings is 1. The number of amides is 1. The molecule has 26 heavy (non-hydrogen) atoms. The summed E-state index contributed by atoms with van der Waals surface area (Å²) in [7, 11) is 1.68. The van der Waals surface area contributed by atoms with Gasteiger partial charge in [0.2, 0.25) is 0 Å². The van der Waals surface area contributed by atoms with Gasteiger partial charge in [-0.25, -0.2) is 4.98 Å². The summed E-state index contributed by atoms with van der Waals surface area (Å²) in [4.78, 5) is 32.9. The third kappa shape index (κ3) is 2.84. The first-order chi connectivity index (χ1) is 12.6. The predicted octanol–water partition coefficient (Wildman–Crippen LogP) is 3.32. The van der Waals surface area contributed by atoms with Crippen LogP contribution in [-0.4, -0.2) is 33.4 Å². The molecule has 3 heterocycles. The molecule has 2 aromatic heterocycles. The van der Waals surface area contributed by atoms with Crippen LogP contribution in [0.3, 0.4) is 0 Å². The van der Waals surface area contributed by atoms with Crippen LogP contribution in [0.5, 0.6) is 0 Å². The topological polar surface area (TPSA) is 55.2 Å². The van der Waals surface area contributed by atoms with E-state index in [1.165, 1.54) is 27.8 Å². The quantitative estimate of drug-likeness (QED) is 0.698. The number of likely N-dealkylation sites (tertiary alicyclic amines) is 1. The Hall–Kier alpha value is -2.47. The van der Waals surface area contributed by atoms with Crippen LogP contribution in [-0.2, 0) is 7.05 Å². The fraction of sp³-hybridized carbons (Fsp3) is 0.350. The largest absolute Gasteiger partial charge is 0.338 e. The van der Waals surface area contributed by atoms with Gasteiger partial charge in [-0.05, 0) is 36.8 Å². The molecule has 0 unspecified atom stereocenters. The van der Waals surface area contributed by atoms with Gasteiger partial charge >= 0.3 is 0 Å². The molecule has 1 saturated heterocycles. The Kier molecular flexibility index (Phi) is 4.36. The molecule has 0 spiro atoms. The van der Waals surface area contributed by atoms with Crippen molar-refractivity contribution < 1.29 is 4.79 Å². The number of thiophene rings is 1. The molecular formula is C20H21N3O2S. The van der Waals surface area contributed by atoms with E-state index in [1.54, 1.807) is 7.05 Å². The average molecular weight is 367 g/mol. The zero-order chi connectivity index (χ0) is 18.3. The van der Waals surface area contributed by atoms with Crippen LogP contribution in [0.25, 0.3) is 10.2 Å². The molecule has 1 aliphatic rings. The maximum absolute atomic E-state index is 13.0. The molecule has 0 radical (unpaired) electrons. The van der Waals surface area contributed by atoms with Crippen molar-refractivity contribution >= 4 is 27.5 Å². The smallest absolute Gasteiger partial charge is 0.264 e. The van der Waals surface area contributed by atoms with Crippen molar-refractivity contribution in [1.29, 1.82) is 0 Å². The van der Waals surface area contributed by atoms with E-state index in [-0.39, 0.29) is 11.5 Å². The Bertz CT molecular complexity index is 1010. The molecule has 134 valence electrons. The average Bonchev–Trinajstić information content (AvgIpc) is 3.02. The van der Waals surface area contributed by atoms with Crippen LogP contribution >= 0.6 is 11.3 Å². The van der Waals surface area contributed by atoms with Crippen molar-refractivity contribution in [3.8, 4) is 0 Å². The molecule has 6 heteroatoms. The van der Waals surface area contributed by atoms with Crippen LogP contribution in [0.15, 0.2) is 41.5 Å². The minimum Gasteiger partial charge on any atom is -0.338 e.